The Morgan fingerprint density at radius 1 is 1.53 bits per heavy atom. The Morgan fingerprint density at radius 2 is 2.18 bits per heavy atom. The highest BCUT2D eigenvalue weighted by molar-refractivity contribution is 5.96. The highest BCUT2D eigenvalue weighted by Crippen LogP contribution is 2.20. The molecule has 0 saturated heterocycles. The molecule has 0 aromatic carbocycles. The first-order valence-corrected chi connectivity index (χ1v) is 5.81. The molecule has 0 fully saturated rings. The van der Waals surface area contributed by atoms with Gasteiger partial charge in [-0.25, -0.2) is 9.78 Å². The van der Waals surface area contributed by atoms with Gasteiger partial charge in [0.15, 0.2) is 0 Å². The van der Waals surface area contributed by atoms with Gasteiger partial charge in [0, 0.05) is 12.7 Å². The molecule has 0 amide bonds. The van der Waals surface area contributed by atoms with Crippen molar-refractivity contribution in [1.82, 2.24) is 4.98 Å². The van der Waals surface area contributed by atoms with Crippen molar-refractivity contribution in [1.29, 1.82) is 0 Å². The Balaban J connectivity index is 2.78. The molecule has 0 aliphatic rings. The third-order valence-electron chi connectivity index (χ3n) is 2.93. The molecule has 0 spiro atoms. The lowest BCUT2D eigenvalue weighted by atomic mass is 10.0. The summed E-state index contributed by atoms with van der Waals surface area (Å²) in [5.41, 5.74) is 6.04. The van der Waals surface area contributed by atoms with E-state index in [4.69, 9.17) is 10.8 Å². The van der Waals surface area contributed by atoms with E-state index in [2.05, 4.69) is 24.1 Å². The van der Waals surface area contributed by atoms with Crippen LogP contribution in [0, 0.1) is 5.92 Å². The first-order chi connectivity index (χ1) is 8.10. The summed E-state index contributed by atoms with van der Waals surface area (Å²) in [5, 5.41) is 12.0. The summed E-state index contributed by atoms with van der Waals surface area (Å²) < 4.78 is 0. The smallest absolute Gasteiger partial charge is 0.337 e. The molecule has 4 N–H and O–H groups in total. The number of hydrogen-bond acceptors (Lipinski definition) is 4. The fraction of sp³-hybridized carbons (Fsp3) is 0.500. The van der Waals surface area contributed by atoms with Crippen LogP contribution < -0.4 is 11.1 Å². The molecular formula is C12H19N3O2. The van der Waals surface area contributed by atoms with Crippen molar-refractivity contribution in [2.75, 3.05) is 17.6 Å². The summed E-state index contributed by atoms with van der Waals surface area (Å²) in [6, 6.07) is 1.40. The van der Waals surface area contributed by atoms with Crippen LogP contribution in [-0.2, 0) is 0 Å². The number of anilines is 2. The molecule has 0 radical (unpaired) electrons. The van der Waals surface area contributed by atoms with E-state index in [0.717, 1.165) is 19.4 Å². The summed E-state index contributed by atoms with van der Waals surface area (Å²) in [6.45, 7) is 5.01. The topological polar surface area (TPSA) is 88.2 Å². The van der Waals surface area contributed by atoms with E-state index in [9.17, 15) is 4.79 Å². The zero-order valence-corrected chi connectivity index (χ0v) is 10.2. The predicted octanol–water partition coefficient (Wildman–Crippen LogP) is 2.21. The second-order valence-electron chi connectivity index (χ2n) is 3.99. The monoisotopic (exact) mass is 237 g/mol. The number of nitrogens with two attached hydrogens (primary N) is 1. The van der Waals surface area contributed by atoms with Crippen LogP contribution in [0.1, 0.15) is 37.0 Å². The van der Waals surface area contributed by atoms with Gasteiger partial charge in [-0.05, 0) is 12.0 Å². The fourth-order valence-corrected chi connectivity index (χ4v) is 1.62. The van der Waals surface area contributed by atoms with Gasteiger partial charge in [0.2, 0.25) is 0 Å². The maximum absolute atomic E-state index is 10.9. The molecule has 0 aliphatic carbocycles. The number of aromatic nitrogens is 1. The lowest BCUT2D eigenvalue weighted by Gasteiger charge is -2.15. The van der Waals surface area contributed by atoms with Gasteiger partial charge in [-0.15, -0.1) is 0 Å². The van der Waals surface area contributed by atoms with E-state index >= 15 is 0 Å². The molecule has 5 nitrogen and oxygen atoms in total. The number of nitrogens with zero attached hydrogens (tertiary/aromatic N) is 1. The van der Waals surface area contributed by atoms with Crippen LogP contribution in [0.2, 0.25) is 0 Å². The van der Waals surface area contributed by atoms with Crippen LogP contribution in [0.4, 0.5) is 11.5 Å². The minimum Gasteiger partial charge on any atom is -0.478 e. The van der Waals surface area contributed by atoms with Gasteiger partial charge in [0.1, 0.15) is 5.82 Å². The Kier molecular flexibility index (Phi) is 4.75. The Morgan fingerprint density at radius 3 is 2.71 bits per heavy atom. The van der Waals surface area contributed by atoms with Gasteiger partial charge < -0.3 is 16.2 Å². The summed E-state index contributed by atoms with van der Waals surface area (Å²) >= 11 is 0. The Hall–Kier alpha value is -1.78. The quantitative estimate of drug-likeness (QED) is 0.706. The summed E-state index contributed by atoms with van der Waals surface area (Å²) in [7, 11) is 0. The van der Waals surface area contributed by atoms with E-state index < -0.39 is 5.97 Å². The minimum absolute atomic E-state index is 0.0899. The van der Waals surface area contributed by atoms with Crippen molar-refractivity contribution in [2.24, 2.45) is 5.92 Å². The van der Waals surface area contributed by atoms with Gasteiger partial charge in [-0.1, -0.05) is 26.7 Å². The predicted molar refractivity (Wildman–Crippen MR) is 68.2 cm³/mol. The molecule has 0 aliphatic heterocycles. The lowest BCUT2D eigenvalue weighted by molar-refractivity contribution is 0.0698. The largest absolute Gasteiger partial charge is 0.478 e. The Labute approximate surface area is 101 Å². The highest BCUT2D eigenvalue weighted by Gasteiger charge is 2.12. The SMILES string of the molecule is CCC(CC)CNc1nccc(C(=O)O)c1N. The molecule has 1 aromatic rings. The average Bonchev–Trinajstić information content (AvgIpc) is 2.32. The van der Waals surface area contributed by atoms with Gasteiger partial charge in [-0.2, -0.15) is 0 Å². The fourth-order valence-electron chi connectivity index (χ4n) is 1.62. The van der Waals surface area contributed by atoms with E-state index in [1.165, 1.54) is 12.3 Å². The van der Waals surface area contributed by atoms with E-state index in [-0.39, 0.29) is 11.3 Å². The summed E-state index contributed by atoms with van der Waals surface area (Å²) in [5.74, 6) is -0.0306. The second-order valence-corrected chi connectivity index (χ2v) is 3.99. The van der Waals surface area contributed by atoms with Crippen LogP contribution in [0.5, 0.6) is 0 Å². The van der Waals surface area contributed by atoms with Crippen LogP contribution >= 0.6 is 0 Å². The zero-order chi connectivity index (χ0) is 12.8. The molecule has 1 aromatic heterocycles. The first-order valence-electron chi connectivity index (χ1n) is 5.81. The molecule has 0 unspecified atom stereocenters. The van der Waals surface area contributed by atoms with Gasteiger partial charge >= 0.3 is 5.97 Å². The highest BCUT2D eigenvalue weighted by atomic mass is 16.4. The van der Waals surface area contributed by atoms with Crippen LogP contribution in [0.25, 0.3) is 0 Å². The molecule has 0 bridgehead atoms. The maximum Gasteiger partial charge on any atom is 0.337 e. The number of nitrogens with one attached hydrogen (secondary N) is 1. The van der Waals surface area contributed by atoms with Crippen LogP contribution in [0.15, 0.2) is 12.3 Å². The normalized spacial score (nSPS) is 10.5. The van der Waals surface area contributed by atoms with E-state index in [0.29, 0.717) is 11.7 Å². The number of aromatic carboxylic acids is 1. The van der Waals surface area contributed by atoms with Gasteiger partial charge in [0.25, 0.3) is 0 Å². The summed E-state index contributed by atoms with van der Waals surface area (Å²) in [4.78, 5) is 15.0. The number of pyridine rings is 1. The Bertz CT molecular complexity index is 389. The van der Waals surface area contributed by atoms with E-state index in [1.807, 2.05) is 0 Å². The number of hydrogen-bond donors (Lipinski definition) is 3. The molecule has 17 heavy (non-hydrogen) atoms. The number of nitrogen functional groups attached to an aromatic ring is 1. The molecule has 0 atom stereocenters. The molecule has 1 rings (SSSR count). The van der Waals surface area contributed by atoms with Crippen molar-refractivity contribution in [3.8, 4) is 0 Å². The molecule has 0 saturated carbocycles. The van der Waals surface area contributed by atoms with Gasteiger partial charge in [-0.3, -0.25) is 0 Å². The lowest BCUT2D eigenvalue weighted by Crippen LogP contribution is -2.16. The number of carboxylic acids is 1. The van der Waals surface area contributed by atoms with Crippen molar-refractivity contribution >= 4 is 17.5 Å². The third kappa shape index (κ3) is 3.34. The average molecular weight is 237 g/mol. The molecular weight excluding hydrogens is 218 g/mol. The number of rotatable bonds is 6. The van der Waals surface area contributed by atoms with E-state index in [1.54, 1.807) is 0 Å². The van der Waals surface area contributed by atoms with Crippen LogP contribution in [-0.4, -0.2) is 22.6 Å². The molecule has 5 heteroatoms. The number of carboxylic acid groups (broad SMARTS) is 1. The van der Waals surface area contributed by atoms with Crippen molar-refractivity contribution in [2.45, 2.75) is 26.7 Å². The molecule has 1 heterocycles. The minimum atomic E-state index is -1.03. The van der Waals surface area contributed by atoms with Crippen molar-refractivity contribution in [3.05, 3.63) is 17.8 Å². The second kappa shape index (κ2) is 6.08. The van der Waals surface area contributed by atoms with Crippen LogP contribution in [0.3, 0.4) is 0 Å². The zero-order valence-electron chi connectivity index (χ0n) is 10.2. The maximum atomic E-state index is 10.9. The molecule has 94 valence electrons. The first kappa shape index (κ1) is 13.3. The standard InChI is InChI=1S/C12H19N3O2/c1-3-8(4-2)7-15-11-10(13)9(12(16)17)5-6-14-11/h5-6,8H,3-4,7,13H2,1-2H3,(H,14,15)(H,16,17). The number of carbonyl (C=O) groups is 1. The summed E-state index contributed by atoms with van der Waals surface area (Å²) in [6.07, 6.45) is 3.60. The van der Waals surface area contributed by atoms with Crippen molar-refractivity contribution < 1.29 is 9.90 Å². The van der Waals surface area contributed by atoms with Gasteiger partial charge in [0.05, 0.1) is 11.3 Å². The van der Waals surface area contributed by atoms with Crippen molar-refractivity contribution in [3.63, 3.8) is 0 Å². The third-order valence-corrected chi connectivity index (χ3v) is 2.93.